The second kappa shape index (κ2) is 10.4. The summed E-state index contributed by atoms with van der Waals surface area (Å²) in [6.07, 6.45) is 1.61. The third kappa shape index (κ3) is 4.96. The van der Waals surface area contributed by atoms with E-state index in [1.807, 2.05) is 0 Å². The van der Waals surface area contributed by atoms with Gasteiger partial charge in [0.1, 0.15) is 22.3 Å². The van der Waals surface area contributed by atoms with Crippen LogP contribution in [0.2, 0.25) is 5.02 Å². The molecular weight excluding hydrogens is 492 g/mol. The molecule has 186 valence electrons. The van der Waals surface area contributed by atoms with E-state index in [2.05, 4.69) is 20.8 Å². The smallest absolute Gasteiger partial charge is 0.326 e. The van der Waals surface area contributed by atoms with Crippen molar-refractivity contribution in [2.75, 3.05) is 26.6 Å². The minimum atomic E-state index is -0.815. The molecule has 36 heavy (non-hydrogen) atoms. The lowest BCUT2D eigenvalue weighted by Crippen LogP contribution is -2.34. The number of aryl methyl sites for hydroxylation is 1. The van der Waals surface area contributed by atoms with Gasteiger partial charge >= 0.3 is 6.03 Å². The zero-order valence-corrected chi connectivity index (χ0v) is 20.4. The molecule has 0 saturated heterocycles. The average Bonchev–Trinajstić information content (AvgIpc) is 3.22. The van der Waals surface area contributed by atoms with Crippen LogP contribution in [-0.4, -0.2) is 43.4 Å². The normalized spacial score (nSPS) is 10.6. The Kier molecular flexibility index (Phi) is 7.11. The van der Waals surface area contributed by atoms with Crippen LogP contribution < -0.4 is 29.6 Å². The Balaban J connectivity index is 1.53. The number of amides is 3. The van der Waals surface area contributed by atoms with E-state index in [0.717, 1.165) is 0 Å². The van der Waals surface area contributed by atoms with Crippen LogP contribution in [0.3, 0.4) is 0 Å². The summed E-state index contributed by atoms with van der Waals surface area (Å²) in [5.74, 6) is 1.77. The van der Waals surface area contributed by atoms with Crippen molar-refractivity contribution in [1.82, 2.24) is 15.5 Å². The van der Waals surface area contributed by atoms with Gasteiger partial charge in [0.15, 0.2) is 23.0 Å². The molecule has 3 amide bonds. The van der Waals surface area contributed by atoms with Crippen molar-refractivity contribution < 1.29 is 33.1 Å². The standard InChI is InChI=1S/C24H21ClN4O7/c1-12-21(25)22(29-36-12)23(30)28-24(31)27-15-6-5-13(9-18(15)32-2)35-17-7-8-26-16-11-20(34-4)19(33-3)10-14(16)17/h5-11H,1-4H3,(H2,27,28,30,31). The Bertz CT molecular complexity index is 1450. The number of anilines is 1. The molecule has 0 unspecified atom stereocenters. The lowest BCUT2D eigenvalue weighted by atomic mass is 10.2. The molecule has 2 heterocycles. The summed E-state index contributed by atoms with van der Waals surface area (Å²) >= 11 is 5.95. The Morgan fingerprint density at radius 2 is 1.67 bits per heavy atom. The highest BCUT2D eigenvalue weighted by atomic mass is 35.5. The van der Waals surface area contributed by atoms with Crippen LogP contribution in [0.15, 0.2) is 47.1 Å². The number of carbonyl (C=O) groups is 2. The molecular formula is C24H21ClN4O7. The SMILES string of the molecule is COc1cc(Oc2ccnc3cc(OC)c(OC)cc23)ccc1NC(=O)NC(=O)c1noc(C)c1Cl. The summed E-state index contributed by atoms with van der Waals surface area (Å²) in [6, 6.07) is 9.20. The number of methoxy groups -OCH3 is 3. The molecule has 0 aliphatic rings. The Hall–Kier alpha value is -4.51. The van der Waals surface area contributed by atoms with Gasteiger partial charge in [-0.3, -0.25) is 15.1 Å². The number of carbonyl (C=O) groups excluding carboxylic acids is 2. The summed E-state index contributed by atoms with van der Waals surface area (Å²) < 4.78 is 27.0. The third-order valence-corrected chi connectivity index (χ3v) is 5.53. The summed E-state index contributed by atoms with van der Waals surface area (Å²) in [6.45, 7) is 1.54. The van der Waals surface area contributed by atoms with Crippen LogP contribution in [0, 0.1) is 6.92 Å². The van der Waals surface area contributed by atoms with Crippen LogP contribution in [0.1, 0.15) is 16.2 Å². The van der Waals surface area contributed by atoms with Crippen molar-refractivity contribution in [2.45, 2.75) is 6.92 Å². The van der Waals surface area contributed by atoms with Gasteiger partial charge in [-0.15, -0.1) is 0 Å². The molecule has 12 heteroatoms. The van der Waals surface area contributed by atoms with E-state index in [1.54, 1.807) is 63.7 Å². The topological polar surface area (TPSA) is 134 Å². The molecule has 0 aliphatic heterocycles. The number of ether oxygens (including phenoxy) is 4. The van der Waals surface area contributed by atoms with Gasteiger partial charge in [0.25, 0.3) is 5.91 Å². The minimum absolute atomic E-state index is 0.0269. The van der Waals surface area contributed by atoms with Crippen LogP contribution in [0.5, 0.6) is 28.7 Å². The van der Waals surface area contributed by atoms with E-state index in [1.165, 1.54) is 7.11 Å². The highest BCUT2D eigenvalue weighted by Crippen LogP contribution is 2.38. The van der Waals surface area contributed by atoms with Gasteiger partial charge in [0.2, 0.25) is 0 Å². The number of hydrogen-bond acceptors (Lipinski definition) is 9. The first-order valence-electron chi connectivity index (χ1n) is 10.4. The summed E-state index contributed by atoms with van der Waals surface area (Å²) in [7, 11) is 4.53. The van der Waals surface area contributed by atoms with Crippen molar-refractivity contribution in [3.05, 3.63) is 59.1 Å². The maximum Gasteiger partial charge on any atom is 0.326 e. The summed E-state index contributed by atoms with van der Waals surface area (Å²) in [4.78, 5) is 28.9. The minimum Gasteiger partial charge on any atom is -0.494 e. The van der Waals surface area contributed by atoms with E-state index < -0.39 is 11.9 Å². The van der Waals surface area contributed by atoms with Crippen molar-refractivity contribution >= 4 is 40.1 Å². The molecule has 0 fully saturated rings. The molecule has 0 saturated carbocycles. The maximum absolute atomic E-state index is 12.4. The molecule has 0 spiro atoms. The van der Waals surface area contributed by atoms with Gasteiger partial charge in [0.05, 0.1) is 32.5 Å². The molecule has 0 bridgehead atoms. The van der Waals surface area contributed by atoms with Gasteiger partial charge in [-0.1, -0.05) is 16.8 Å². The molecule has 0 atom stereocenters. The Morgan fingerprint density at radius 3 is 2.33 bits per heavy atom. The highest BCUT2D eigenvalue weighted by Gasteiger charge is 2.21. The van der Waals surface area contributed by atoms with Crippen LogP contribution >= 0.6 is 11.6 Å². The lowest BCUT2D eigenvalue weighted by Gasteiger charge is -2.14. The molecule has 2 aromatic heterocycles. The fraction of sp³-hybridized carbons (Fsp3) is 0.167. The number of imide groups is 1. The van der Waals surface area contributed by atoms with Gasteiger partial charge < -0.3 is 28.8 Å². The van der Waals surface area contributed by atoms with Crippen molar-refractivity contribution in [1.29, 1.82) is 0 Å². The van der Waals surface area contributed by atoms with Crippen LogP contribution in [0.4, 0.5) is 10.5 Å². The second-order valence-electron chi connectivity index (χ2n) is 7.31. The maximum atomic E-state index is 12.4. The predicted molar refractivity (Wildman–Crippen MR) is 131 cm³/mol. The predicted octanol–water partition coefficient (Wildman–Crippen LogP) is 4.96. The number of fused-ring (bicyclic) bond motifs is 1. The van der Waals surface area contributed by atoms with Crippen LogP contribution in [-0.2, 0) is 0 Å². The number of rotatable bonds is 7. The van der Waals surface area contributed by atoms with Crippen LogP contribution in [0.25, 0.3) is 10.9 Å². The second-order valence-corrected chi connectivity index (χ2v) is 7.69. The Morgan fingerprint density at radius 1 is 0.944 bits per heavy atom. The zero-order chi connectivity index (χ0) is 25.8. The first kappa shape index (κ1) is 24.6. The third-order valence-electron chi connectivity index (χ3n) is 5.09. The Labute approximate surface area is 210 Å². The average molecular weight is 513 g/mol. The molecule has 0 radical (unpaired) electrons. The fourth-order valence-corrected chi connectivity index (χ4v) is 3.47. The monoisotopic (exact) mass is 512 g/mol. The van der Waals surface area contributed by atoms with E-state index >= 15 is 0 Å². The van der Waals surface area contributed by atoms with Gasteiger partial charge in [-0.25, -0.2) is 4.79 Å². The highest BCUT2D eigenvalue weighted by molar-refractivity contribution is 6.34. The molecule has 4 aromatic rings. The molecule has 11 nitrogen and oxygen atoms in total. The van der Waals surface area contributed by atoms with Crippen molar-refractivity contribution in [3.63, 3.8) is 0 Å². The molecule has 2 aromatic carbocycles. The molecule has 4 rings (SSSR count). The number of halogens is 1. The number of urea groups is 1. The van der Waals surface area contributed by atoms with E-state index in [4.69, 9.17) is 35.1 Å². The lowest BCUT2D eigenvalue weighted by molar-refractivity contribution is 0.0958. The molecule has 2 N–H and O–H groups in total. The summed E-state index contributed by atoms with van der Waals surface area (Å²) in [5.41, 5.74) is 0.751. The quantitative estimate of drug-likeness (QED) is 0.352. The van der Waals surface area contributed by atoms with E-state index in [9.17, 15) is 9.59 Å². The number of hydrogen-bond donors (Lipinski definition) is 2. The first-order chi connectivity index (χ1) is 17.3. The van der Waals surface area contributed by atoms with Gasteiger partial charge in [-0.2, -0.15) is 0 Å². The van der Waals surface area contributed by atoms with Gasteiger partial charge in [0, 0.05) is 23.7 Å². The first-order valence-corrected chi connectivity index (χ1v) is 10.8. The van der Waals surface area contributed by atoms with Gasteiger partial charge in [-0.05, 0) is 31.2 Å². The number of nitrogens with one attached hydrogen (secondary N) is 2. The number of pyridine rings is 1. The number of benzene rings is 2. The van der Waals surface area contributed by atoms with Crippen molar-refractivity contribution in [3.8, 4) is 28.7 Å². The zero-order valence-electron chi connectivity index (χ0n) is 19.7. The number of nitrogens with zero attached hydrogens (tertiary/aromatic N) is 2. The summed E-state index contributed by atoms with van der Waals surface area (Å²) in [5, 5.41) is 8.95. The van der Waals surface area contributed by atoms with E-state index in [-0.39, 0.29) is 16.5 Å². The fourth-order valence-electron chi connectivity index (χ4n) is 3.32. The van der Waals surface area contributed by atoms with Crippen molar-refractivity contribution in [2.24, 2.45) is 0 Å². The largest absolute Gasteiger partial charge is 0.494 e. The van der Waals surface area contributed by atoms with E-state index in [0.29, 0.717) is 45.3 Å². The number of aromatic nitrogens is 2. The molecule has 0 aliphatic carbocycles.